The molecule has 5 nitrogen and oxygen atoms in total. The summed E-state index contributed by atoms with van der Waals surface area (Å²) in [4.78, 5) is 12.9. The number of hydrogen-bond acceptors (Lipinski definition) is 4. The van der Waals surface area contributed by atoms with Gasteiger partial charge >= 0.3 is 5.69 Å². The molecule has 19 heavy (non-hydrogen) atoms. The van der Waals surface area contributed by atoms with Gasteiger partial charge < -0.3 is 4.74 Å². The van der Waals surface area contributed by atoms with Crippen molar-refractivity contribution in [2.24, 2.45) is 0 Å². The van der Waals surface area contributed by atoms with Crippen LogP contribution in [0.2, 0.25) is 0 Å². The van der Waals surface area contributed by atoms with Crippen LogP contribution in [0.3, 0.4) is 0 Å². The summed E-state index contributed by atoms with van der Waals surface area (Å²) in [6.45, 7) is 5.40. The number of benzene rings is 1. The highest BCUT2D eigenvalue weighted by atomic mass is 16.6. The molecule has 2 rings (SSSR count). The molecule has 0 N–H and O–H groups in total. The number of piperidine rings is 1. The molecule has 104 valence electrons. The summed E-state index contributed by atoms with van der Waals surface area (Å²) in [6, 6.07) is 5.07. The number of nitro groups is 1. The van der Waals surface area contributed by atoms with Gasteiger partial charge in [0.25, 0.3) is 0 Å². The zero-order valence-corrected chi connectivity index (χ0v) is 11.3. The molecule has 0 aliphatic carbocycles. The Bertz CT molecular complexity index is 442. The summed E-state index contributed by atoms with van der Waals surface area (Å²) < 4.78 is 5.57. The van der Waals surface area contributed by atoms with Gasteiger partial charge in [0.1, 0.15) is 6.61 Å². The van der Waals surface area contributed by atoms with E-state index >= 15 is 0 Å². The van der Waals surface area contributed by atoms with Crippen molar-refractivity contribution in [3.8, 4) is 5.75 Å². The van der Waals surface area contributed by atoms with Crippen LogP contribution in [-0.4, -0.2) is 36.1 Å². The number of nitrogens with zero attached hydrogens (tertiary/aromatic N) is 2. The summed E-state index contributed by atoms with van der Waals surface area (Å²) >= 11 is 0. The first-order valence-corrected chi connectivity index (χ1v) is 6.77. The molecule has 1 fully saturated rings. The summed E-state index contributed by atoms with van der Waals surface area (Å²) in [7, 11) is 0. The normalized spacial score (nSPS) is 16.3. The third-order valence-corrected chi connectivity index (χ3v) is 3.42. The molecule has 0 spiro atoms. The summed E-state index contributed by atoms with van der Waals surface area (Å²) in [5.74, 6) is 0.368. The first-order valence-electron chi connectivity index (χ1n) is 6.77. The molecular formula is C14H20N2O3. The van der Waals surface area contributed by atoms with Crippen molar-refractivity contribution < 1.29 is 9.66 Å². The van der Waals surface area contributed by atoms with E-state index in [0.29, 0.717) is 12.4 Å². The van der Waals surface area contributed by atoms with Crippen LogP contribution >= 0.6 is 0 Å². The standard InChI is InChI=1S/C14H20N2O3/c1-12-5-6-14(13(11-12)16(17)18)19-10-9-15-7-3-2-4-8-15/h5-6,11H,2-4,7-10H2,1H3. The minimum Gasteiger partial charge on any atom is -0.485 e. The molecule has 0 radical (unpaired) electrons. The van der Waals surface area contributed by atoms with Crippen LogP contribution in [0.4, 0.5) is 5.69 Å². The Morgan fingerprint density at radius 3 is 2.74 bits per heavy atom. The van der Waals surface area contributed by atoms with Gasteiger partial charge in [0.05, 0.1) is 4.92 Å². The van der Waals surface area contributed by atoms with Crippen LogP contribution in [0.25, 0.3) is 0 Å². The Kier molecular flexibility index (Phi) is 4.74. The fourth-order valence-electron chi connectivity index (χ4n) is 2.36. The Hall–Kier alpha value is -1.62. The second kappa shape index (κ2) is 6.52. The van der Waals surface area contributed by atoms with Crippen molar-refractivity contribution in [3.63, 3.8) is 0 Å². The van der Waals surface area contributed by atoms with Gasteiger partial charge in [0.2, 0.25) is 0 Å². The van der Waals surface area contributed by atoms with Crippen molar-refractivity contribution >= 4 is 5.69 Å². The van der Waals surface area contributed by atoms with Gasteiger partial charge in [-0.3, -0.25) is 15.0 Å². The molecule has 1 heterocycles. The largest absolute Gasteiger partial charge is 0.485 e. The molecule has 5 heteroatoms. The molecule has 1 aromatic rings. The SMILES string of the molecule is Cc1ccc(OCCN2CCCCC2)c([N+](=O)[O-])c1. The fourth-order valence-corrected chi connectivity index (χ4v) is 2.36. The van der Waals surface area contributed by atoms with Crippen molar-refractivity contribution in [2.45, 2.75) is 26.2 Å². The van der Waals surface area contributed by atoms with E-state index in [0.717, 1.165) is 25.2 Å². The second-order valence-electron chi connectivity index (χ2n) is 4.98. The van der Waals surface area contributed by atoms with Crippen molar-refractivity contribution in [1.29, 1.82) is 0 Å². The average Bonchev–Trinajstić information content (AvgIpc) is 2.41. The maximum absolute atomic E-state index is 11.0. The lowest BCUT2D eigenvalue weighted by molar-refractivity contribution is -0.385. The number of rotatable bonds is 5. The van der Waals surface area contributed by atoms with E-state index in [1.54, 1.807) is 12.1 Å². The first kappa shape index (κ1) is 13.8. The van der Waals surface area contributed by atoms with Crippen LogP contribution in [0, 0.1) is 17.0 Å². The highest BCUT2D eigenvalue weighted by molar-refractivity contribution is 5.48. The highest BCUT2D eigenvalue weighted by Gasteiger charge is 2.16. The highest BCUT2D eigenvalue weighted by Crippen LogP contribution is 2.27. The lowest BCUT2D eigenvalue weighted by Gasteiger charge is -2.26. The van der Waals surface area contributed by atoms with Gasteiger partial charge in [0, 0.05) is 12.6 Å². The number of ether oxygens (including phenoxy) is 1. The lowest BCUT2D eigenvalue weighted by atomic mass is 10.1. The van der Waals surface area contributed by atoms with Crippen molar-refractivity contribution in [3.05, 3.63) is 33.9 Å². The Balaban J connectivity index is 1.89. The van der Waals surface area contributed by atoms with E-state index in [1.807, 2.05) is 13.0 Å². The lowest BCUT2D eigenvalue weighted by Crippen LogP contribution is -2.33. The number of aryl methyl sites for hydroxylation is 1. The van der Waals surface area contributed by atoms with Crippen LogP contribution in [0.5, 0.6) is 5.75 Å². The summed E-state index contributed by atoms with van der Waals surface area (Å²) in [5.41, 5.74) is 0.925. The molecule has 0 saturated carbocycles. The maximum atomic E-state index is 11.0. The maximum Gasteiger partial charge on any atom is 0.311 e. The number of likely N-dealkylation sites (tertiary alicyclic amines) is 1. The molecule has 0 aromatic heterocycles. The van der Waals surface area contributed by atoms with E-state index in [1.165, 1.54) is 19.3 Å². The molecule has 0 unspecified atom stereocenters. The smallest absolute Gasteiger partial charge is 0.311 e. The third kappa shape index (κ3) is 3.92. The number of nitro benzene ring substituents is 1. The Morgan fingerprint density at radius 2 is 2.05 bits per heavy atom. The van der Waals surface area contributed by atoms with Gasteiger partial charge in [-0.15, -0.1) is 0 Å². The first-order chi connectivity index (χ1) is 9.16. The van der Waals surface area contributed by atoms with Crippen LogP contribution in [0.1, 0.15) is 24.8 Å². The third-order valence-electron chi connectivity index (χ3n) is 3.42. The van der Waals surface area contributed by atoms with Gasteiger partial charge in [-0.1, -0.05) is 12.5 Å². The molecule has 0 bridgehead atoms. The molecular weight excluding hydrogens is 244 g/mol. The zero-order chi connectivity index (χ0) is 13.7. The van der Waals surface area contributed by atoms with E-state index < -0.39 is 0 Å². The molecule has 0 atom stereocenters. The van der Waals surface area contributed by atoms with E-state index in [4.69, 9.17) is 4.74 Å². The van der Waals surface area contributed by atoms with E-state index in [2.05, 4.69) is 4.90 Å². The molecule has 1 aliphatic heterocycles. The van der Waals surface area contributed by atoms with Gasteiger partial charge in [-0.2, -0.15) is 0 Å². The predicted octanol–water partition coefficient (Wildman–Crippen LogP) is 2.77. The van der Waals surface area contributed by atoms with Gasteiger partial charge in [-0.25, -0.2) is 0 Å². The minimum atomic E-state index is -0.386. The van der Waals surface area contributed by atoms with E-state index in [9.17, 15) is 10.1 Å². The molecule has 1 aromatic carbocycles. The number of hydrogen-bond donors (Lipinski definition) is 0. The van der Waals surface area contributed by atoms with Gasteiger partial charge in [0.15, 0.2) is 5.75 Å². The zero-order valence-electron chi connectivity index (χ0n) is 11.3. The van der Waals surface area contributed by atoms with Crippen molar-refractivity contribution in [1.82, 2.24) is 4.90 Å². The Labute approximate surface area is 113 Å². The monoisotopic (exact) mass is 264 g/mol. The topological polar surface area (TPSA) is 55.6 Å². The molecule has 1 aliphatic rings. The summed E-state index contributed by atoms with van der Waals surface area (Å²) in [6.07, 6.45) is 3.79. The van der Waals surface area contributed by atoms with E-state index in [-0.39, 0.29) is 10.6 Å². The van der Waals surface area contributed by atoms with Crippen LogP contribution < -0.4 is 4.74 Å². The predicted molar refractivity (Wildman–Crippen MR) is 73.6 cm³/mol. The van der Waals surface area contributed by atoms with Crippen molar-refractivity contribution in [2.75, 3.05) is 26.2 Å². The summed E-state index contributed by atoms with van der Waals surface area (Å²) in [5, 5.41) is 11.0. The van der Waals surface area contributed by atoms with Crippen LogP contribution in [0.15, 0.2) is 18.2 Å². The Morgan fingerprint density at radius 1 is 1.32 bits per heavy atom. The molecule has 0 amide bonds. The minimum absolute atomic E-state index is 0.0543. The fraction of sp³-hybridized carbons (Fsp3) is 0.571. The molecule has 1 saturated heterocycles. The second-order valence-corrected chi connectivity index (χ2v) is 4.98. The quantitative estimate of drug-likeness (QED) is 0.606. The average molecular weight is 264 g/mol. The van der Waals surface area contributed by atoms with Crippen LogP contribution in [-0.2, 0) is 0 Å². The van der Waals surface area contributed by atoms with Gasteiger partial charge in [-0.05, 0) is 44.5 Å².